The largest absolute Gasteiger partial charge is 0.354 e. The molecule has 1 saturated carbocycles. The molecule has 43 heavy (non-hydrogen) atoms. The van der Waals surface area contributed by atoms with E-state index in [-0.39, 0.29) is 16.2 Å². The molecule has 0 saturated heterocycles. The number of sulfonamides is 1. The second-order valence-corrected chi connectivity index (χ2v) is 14.7. The van der Waals surface area contributed by atoms with Crippen LogP contribution in [0.15, 0.2) is 53.4 Å². The van der Waals surface area contributed by atoms with Crippen LogP contribution in [0.5, 0.6) is 0 Å². The minimum absolute atomic E-state index is 0.0725. The molecule has 0 heterocycles. The highest BCUT2D eigenvalue weighted by Crippen LogP contribution is 2.28. The van der Waals surface area contributed by atoms with Crippen LogP contribution >= 0.6 is 0 Å². The standard InChI is InChI=1S/C34H52N4O4S/c1-6-8-12-25(7-2)24-35-32(39)31(23-26-13-10-9-11-14-26)37-33(40)36-28-17-19-29(20-18-28)38-43(41,42)30-21-15-27(16-22-30)34(3,4)5/h15-22,25-26,31,38H,6-14,23-24H2,1-5H3,(H,35,39)(H2,36,37,40)/t25?,31-/m0/s1. The zero-order valence-corrected chi connectivity index (χ0v) is 27.5. The summed E-state index contributed by atoms with van der Waals surface area (Å²) >= 11 is 0. The van der Waals surface area contributed by atoms with E-state index in [9.17, 15) is 18.0 Å². The smallest absolute Gasteiger partial charge is 0.319 e. The minimum Gasteiger partial charge on any atom is -0.354 e. The maximum Gasteiger partial charge on any atom is 0.319 e. The Balaban J connectivity index is 1.60. The first kappa shape index (κ1) is 34.4. The molecule has 3 amide bonds. The van der Waals surface area contributed by atoms with Crippen LogP contribution in [0.25, 0.3) is 0 Å². The van der Waals surface area contributed by atoms with Gasteiger partial charge in [0.25, 0.3) is 10.0 Å². The molecule has 8 nitrogen and oxygen atoms in total. The van der Waals surface area contributed by atoms with Crippen molar-refractivity contribution in [1.29, 1.82) is 0 Å². The summed E-state index contributed by atoms with van der Waals surface area (Å²) in [5.41, 5.74) is 1.86. The molecular formula is C34H52N4O4S. The number of carbonyl (C=O) groups excluding carboxylic acids is 2. The third-order valence-corrected chi connectivity index (χ3v) is 9.85. The summed E-state index contributed by atoms with van der Waals surface area (Å²) in [6.07, 6.45) is 10.7. The molecule has 1 fully saturated rings. The zero-order valence-electron chi connectivity index (χ0n) is 26.7. The fourth-order valence-corrected chi connectivity index (χ4v) is 6.65. The van der Waals surface area contributed by atoms with Crippen LogP contribution in [0, 0.1) is 11.8 Å². The first-order chi connectivity index (χ1) is 20.4. The van der Waals surface area contributed by atoms with Gasteiger partial charge in [-0.1, -0.05) is 98.1 Å². The number of anilines is 2. The lowest BCUT2D eigenvalue weighted by atomic mass is 9.84. The van der Waals surface area contributed by atoms with Gasteiger partial charge in [-0.3, -0.25) is 9.52 Å². The Bertz CT molecular complexity index is 1260. The van der Waals surface area contributed by atoms with Gasteiger partial charge in [0.05, 0.1) is 4.90 Å². The molecule has 1 aliphatic rings. The van der Waals surface area contributed by atoms with Crippen molar-refractivity contribution in [2.45, 2.75) is 115 Å². The van der Waals surface area contributed by atoms with E-state index >= 15 is 0 Å². The third kappa shape index (κ3) is 11.2. The van der Waals surface area contributed by atoms with Crippen LogP contribution in [0.2, 0.25) is 0 Å². The molecule has 0 radical (unpaired) electrons. The summed E-state index contributed by atoms with van der Waals surface area (Å²) in [6, 6.07) is 12.3. The van der Waals surface area contributed by atoms with Crippen molar-refractivity contribution in [3.8, 4) is 0 Å². The number of urea groups is 1. The summed E-state index contributed by atoms with van der Waals surface area (Å²) in [4.78, 5) is 26.4. The van der Waals surface area contributed by atoms with Gasteiger partial charge in [0.1, 0.15) is 6.04 Å². The molecule has 1 aliphatic carbocycles. The highest BCUT2D eigenvalue weighted by atomic mass is 32.2. The first-order valence-electron chi connectivity index (χ1n) is 16.0. The van der Waals surface area contributed by atoms with Gasteiger partial charge < -0.3 is 16.0 Å². The number of benzene rings is 2. The van der Waals surface area contributed by atoms with Gasteiger partial charge in [-0.25, -0.2) is 13.2 Å². The van der Waals surface area contributed by atoms with Crippen molar-refractivity contribution in [3.05, 3.63) is 54.1 Å². The van der Waals surface area contributed by atoms with Gasteiger partial charge in [-0.15, -0.1) is 0 Å². The number of nitrogens with one attached hydrogen (secondary N) is 4. The highest BCUT2D eigenvalue weighted by molar-refractivity contribution is 7.92. The average molecular weight is 613 g/mol. The second-order valence-electron chi connectivity index (χ2n) is 13.0. The fourth-order valence-electron chi connectivity index (χ4n) is 5.59. The number of unbranched alkanes of at least 4 members (excludes halogenated alkanes) is 1. The van der Waals surface area contributed by atoms with E-state index in [2.05, 4.69) is 55.3 Å². The second kappa shape index (κ2) is 16.1. The monoisotopic (exact) mass is 612 g/mol. The number of carbonyl (C=O) groups is 2. The van der Waals surface area contributed by atoms with Crippen LogP contribution in [-0.2, 0) is 20.2 Å². The molecule has 2 aromatic rings. The lowest BCUT2D eigenvalue weighted by Gasteiger charge is -2.27. The Hall–Kier alpha value is -3.07. The van der Waals surface area contributed by atoms with Gasteiger partial charge in [-0.05, 0) is 72.1 Å². The zero-order chi connectivity index (χ0) is 31.5. The van der Waals surface area contributed by atoms with E-state index in [0.29, 0.717) is 36.2 Å². The van der Waals surface area contributed by atoms with Crippen LogP contribution in [0.3, 0.4) is 0 Å². The molecule has 0 aliphatic heterocycles. The average Bonchev–Trinajstić information content (AvgIpc) is 2.98. The summed E-state index contributed by atoms with van der Waals surface area (Å²) in [5.74, 6) is 0.728. The lowest BCUT2D eigenvalue weighted by molar-refractivity contribution is -0.123. The summed E-state index contributed by atoms with van der Waals surface area (Å²) in [5, 5.41) is 8.82. The molecule has 2 atom stereocenters. The molecule has 9 heteroatoms. The molecule has 1 unspecified atom stereocenters. The number of rotatable bonds is 14. The minimum atomic E-state index is -3.76. The van der Waals surface area contributed by atoms with E-state index < -0.39 is 22.1 Å². The fraction of sp³-hybridized carbons (Fsp3) is 0.588. The molecule has 238 valence electrons. The van der Waals surface area contributed by atoms with Crippen LogP contribution < -0.4 is 20.7 Å². The van der Waals surface area contributed by atoms with Crippen LogP contribution in [0.1, 0.15) is 104 Å². The number of hydrogen-bond acceptors (Lipinski definition) is 4. The van der Waals surface area contributed by atoms with Crippen LogP contribution in [-0.4, -0.2) is 32.9 Å². The SMILES string of the molecule is CCCCC(CC)CNC(=O)[C@H](CC1CCCCC1)NC(=O)Nc1ccc(NS(=O)(=O)c2ccc(C(C)(C)C)cc2)cc1. The van der Waals surface area contributed by atoms with Crippen molar-refractivity contribution in [2.24, 2.45) is 11.8 Å². The predicted molar refractivity (Wildman–Crippen MR) is 176 cm³/mol. The third-order valence-electron chi connectivity index (χ3n) is 8.45. The van der Waals surface area contributed by atoms with Crippen molar-refractivity contribution in [1.82, 2.24) is 10.6 Å². The summed E-state index contributed by atoms with van der Waals surface area (Å²) in [6.45, 7) is 11.2. The molecule has 0 aromatic heterocycles. The Labute approximate surface area is 259 Å². The Kier molecular flexibility index (Phi) is 12.9. The highest BCUT2D eigenvalue weighted by Gasteiger charge is 2.26. The van der Waals surface area contributed by atoms with E-state index in [4.69, 9.17) is 0 Å². The molecule has 2 aromatic carbocycles. The van der Waals surface area contributed by atoms with Gasteiger partial charge in [0.15, 0.2) is 0 Å². The number of amides is 3. The lowest BCUT2D eigenvalue weighted by Crippen LogP contribution is -2.49. The topological polar surface area (TPSA) is 116 Å². The maximum atomic E-state index is 13.2. The summed E-state index contributed by atoms with van der Waals surface area (Å²) < 4.78 is 28.4. The van der Waals surface area contributed by atoms with Gasteiger partial charge in [-0.2, -0.15) is 0 Å². The first-order valence-corrected chi connectivity index (χ1v) is 17.5. The normalized spacial score (nSPS) is 15.7. The van der Waals surface area contributed by atoms with E-state index in [1.165, 1.54) is 19.3 Å². The van der Waals surface area contributed by atoms with Gasteiger partial charge in [0, 0.05) is 17.9 Å². The molecule has 0 spiro atoms. The van der Waals surface area contributed by atoms with Gasteiger partial charge >= 0.3 is 6.03 Å². The quantitative estimate of drug-likeness (QED) is 0.176. The van der Waals surface area contributed by atoms with Crippen molar-refractivity contribution < 1.29 is 18.0 Å². The molecule has 0 bridgehead atoms. The van der Waals surface area contributed by atoms with Crippen molar-refractivity contribution >= 4 is 33.3 Å². The molecular weight excluding hydrogens is 560 g/mol. The van der Waals surface area contributed by atoms with E-state index in [1.807, 2.05) is 12.1 Å². The van der Waals surface area contributed by atoms with E-state index in [0.717, 1.165) is 44.1 Å². The molecule has 3 rings (SSSR count). The van der Waals surface area contributed by atoms with Crippen LogP contribution in [0.4, 0.5) is 16.2 Å². The Morgan fingerprint density at radius 2 is 1.53 bits per heavy atom. The van der Waals surface area contributed by atoms with E-state index in [1.54, 1.807) is 36.4 Å². The summed E-state index contributed by atoms with van der Waals surface area (Å²) in [7, 11) is -3.76. The predicted octanol–water partition coefficient (Wildman–Crippen LogP) is 7.58. The number of hydrogen-bond donors (Lipinski definition) is 4. The molecule has 4 N–H and O–H groups in total. The van der Waals surface area contributed by atoms with Crippen molar-refractivity contribution in [3.63, 3.8) is 0 Å². The Morgan fingerprint density at radius 3 is 2.12 bits per heavy atom. The van der Waals surface area contributed by atoms with Gasteiger partial charge in [0.2, 0.25) is 5.91 Å². The maximum absolute atomic E-state index is 13.2. The van der Waals surface area contributed by atoms with Crippen molar-refractivity contribution in [2.75, 3.05) is 16.6 Å². The Morgan fingerprint density at radius 1 is 0.907 bits per heavy atom.